The second kappa shape index (κ2) is 3.27. The van der Waals surface area contributed by atoms with Crippen LogP contribution in [-0.2, 0) is 0 Å². The second-order valence-electron chi connectivity index (χ2n) is 5.21. The van der Waals surface area contributed by atoms with Gasteiger partial charge >= 0.3 is 0 Å². The van der Waals surface area contributed by atoms with Crippen LogP contribution in [0.1, 0.15) is 20.3 Å². The van der Waals surface area contributed by atoms with Crippen LogP contribution in [-0.4, -0.2) is 40.4 Å². The molecule has 1 aliphatic carbocycles. The van der Waals surface area contributed by atoms with E-state index in [0.29, 0.717) is 18.0 Å². The zero-order chi connectivity index (χ0) is 11.2. The molecule has 3 nitrogen and oxygen atoms in total. The molecule has 1 saturated heterocycles. The first-order chi connectivity index (χ1) is 6.95. The molecule has 0 bridgehead atoms. The Bertz CT molecular complexity index is 333. The fourth-order valence-corrected chi connectivity index (χ4v) is 2.80. The third-order valence-electron chi connectivity index (χ3n) is 4.21. The Labute approximate surface area is 90.9 Å². The first kappa shape index (κ1) is 10.6. The highest BCUT2D eigenvalue weighted by Gasteiger charge is 2.47. The van der Waals surface area contributed by atoms with E-state index in [1.54, 1.807) is 0 Å². The fraction of sp³-hybridized carbons (Fsp3) is 0.667. The smallest absolute Gasteiger partial charge is 0.158 e. The van der Waals surface area contributed by atoms with Gasteiger partial charge in [0.05, 0.1) is 19.6 Å². The van der Waals surface area contributed by atoms with E-state index in [2.05, 4.69) is 20.9 Å². The van der Waals surface area contributed by atoms with Crippen molar-refractivity contribution >= 4 is 0 Å². The van der Waals surface area contributed by atoms with Crippen molar-refractivity contribution in [3.63, 3.8) is 0 Å². The molecule has 0 aromatic heterocycles. The van der Waals surface area contributed by atoms with Gasteiger partial charge in [-0.1, -0.05) is 0 Å². The van der Waals surface area contributed by atoms with Crippen molar-refractivity contribution in [3.05, 3.63) is 23.7 Å². The second-order valence-corrected chi connectivity index (χ2v) is 5.21. The van der Waals surface area contributed by atoms with Gasteiger partial charge in [-0.3, -0.25) is 0 Å². The summed E-state index contributed by atoms with van der Waals surface area (Å²) in [6.07, 6.45) is 4.73. The third-order valence-corrected chi connectivity index (χ3v) is 4.21. The van der Waals surface area contributed by atoms with Crippen LogP contribution in [0.2, 0.25) is 0 Å². The van der Waals surface area contributed by atoms with Crippen molar-refractivity contribution in [3.8, 4) is 0 Å². The molecule has 3 heteroatoms. The molecule has 3 atom stereocenters. The van der Waals surface area contributed by atoms with Gasteiger partial charge in [0.1, 0.15) is 6.04 Å². The Kier molecular flexibility index (Phi) is 2.30. The van der Waals surface area contributed by atoms with Crippen LogP contribution < -0.4 is 0 Å². The predicted molar refractivity (Wildman–Crippen MR) is 59.5 cm³/mol. The molecule has 2 rings (SSSR count). The largest absolute Gasteiger partial charge is 0.504 e. The van der Waals surface area contributed by atoms with Crippen molar-refractivity contribution in [2.24, 2.45) is 5.92 Å². The summed E-state index contributed by atoms with van der Waals surface area (Å²) in [6.45, 7) is 5.54. The van der Waals surface area contributed by atoms with E-state index in [1.807, 2.05) is 12.2 Å². The van der Waals surface area contributed by atoms with Gasteiger partial charge in [0, 0.05) is 18.4 Å². The standard InChI is InChI=1S/C12H19NO2/c1-8(2)13(3)5-4-9-6-11(14)12(15)7-10(9)13/h6-10H,4-5H2,1-3H3,(H-,14,15)/p+1. The third kappa shape index (κ3) is 1.46. The topological polar surface area (TPSA) is 40.5 Å². The Morgan fingerprint density at radius 2 is 1.87 bits per heavy atom. The number of likely N-dealkylation sites (tertiary alicyclic amines) is 1. The Balaban J connectivity index is 2.33. The van der Waals surface area contributed by atoms with Crippen molar-refractivity contribution in [1.82, 2.24) is 0 Å². The normalized spacial score (nSPS) is 40.0. The molecule has 2 N–H and O–H groups in total. The van der Waals surface area contributed by atoms with Gasteiger partial charge in [0.15, 0.2) is 11.5 Å². The van der Waals surface area contributed by atoms with E-state index in [-0.39, 0.29) is 11.5 Å². The summed E-state index contributed by atoms with van der Waals surface area (Å²) in [6, 6.07) is 0.860. The lowest BCUT2D eigenvalue weighted by Gasteiger charge is -2.40. The highest BCUT2D eigenvalue weighted by Crippen LogP contribution is 2.38. The minimum absolute atomic E-state index is 0.0446. The zero-order valence-electron chi connectivity index (χ0n) is 9.64. The molecule has 1 fully saturated rings. The van der Waals surface area contributed by atoms with Gasteiger partial charge in [0.2, 0.25) is 0 Å². The molecule has 0 aromatic carbocycles. The van der Waals surface area contributed by atoms with Gasteiger partial charge in [-0.05, 0) is 19.9 Å². The molecular formula is C12H20NO2+. The molecular weight excluding hydrogens is 190 g/mol. The van der Waals surface area contributed by atoms with Crippen LogP contribution in [0.4, 0.5) is 0 Å². The monoisotopic (exact) mass is 210 g/mol. The lowest BCUT2D eigenvalue weighted by atomic mass is 9.93. The van der Waals surface area contributed by atoms with Crippen LogP contribution in [0.25, 0.3) is 0 Å². The van der Waals surface area contributed by atoms with Gasteiger partial charge in [-0.15, -0.1) is 0 Å². The van der Waals surface area contributed by atoms with E-state index in [9.17, 15) is 10.2 Å². The molecule has 3 unspecified atom stereocenters. The Morgan fingerprint density at radius 3 is 2.47 bits per heavy atom. The number of quaternary nitrogens is 1. The number of aliphatic hydroxyl groups is 2. The molecule has 1 aliphatic heterocycles. The summed E-state index contributed by atoms with van der Waals surface area (Å²) in [5.41, 5.74) is 0. The molecule has 1 heterocycles. The molecule has 0 amide bonds. The van der Waals surface area contributed by atoms with Gasteiger partial charge in [-0.25, -0.2) is 0 Å². The van der Waals surface area contributed by atoms with Crippen molar-refractivity contribution in [2.75, 3.05) is 13.6 Å². The maximum atomic E-state index is 9.57. The molecule has 0 radical (unpaired) electrons. The first-order valence-corrected chi connectivity index (χ1v) is 5.62. The summed E-state index contributed by atoms with van der Waals surface area (Å²) < 4.78 is 0.957. The van der Waals surface area contributed by atoms with Crippen LogP contribution in [0.15, 0.2) is 23.7 Å². The molecule has 0 aromatic rings. The van der Waals surface area contributed by atoms with E-state index < -0.39 is 0 Å². The number of aliphatic hydroxyl groups excluding tert-OH is 2. The van der Waals surface area contributed by atoms with Crippen LogP contribution in [0, 0.1) is 5.92 Å². The van der Waals surface area contributed by atoms with Crippen molar-refractivity contribution < 1.29 is 14.7 Å². The van der Waals surface area contributed by atoms with E-state index in [0.717, 1.165) is 17.4 Å². The van der Waals surface area contributed by atoms with Gasteiger partial charge in [-0.2, -0.15) is 0 Å². The summed E-state index contributed by atoms with van der Waals surface area (Å²) >= 11 is 0. The summed E-state index contributed by atoms with van der Waals surface area (Å²) in [7, 11) is 2.23. The number of hydrogen-bond acceptors (Lipinski definition) is 2. The van der Waals surface area contributed by atoms with Crippen LogP contribution in [0.3, 0.4) is 0 Å². The molecule has 0 saturated carbocycles. The van der Waals surface area contributed by atoms with Crippen molar-refractivity contribution in [2.45, 2.75) is 32.4 Å². The maximum Gasteiger partial charge on any atom is 0.158 e. The molecule has 15 heavy (non-hydrogen) atoms. The number of likely N-dealkylation sites (N-methyl/N-ethyl adjacent to an activating group) is 1. The minimum atomic E-state index is 0.0446. The van der Waals surface area contributed by atoms with Crippen LogP contribution >= 0.6 is 0 Å². The lowest BCUT2D eigenvalue weighted by Crippen LogP contribution is -2.53. The number of hydrogen-bond donors (Lipinski definition) is 2. The Morgan fingerprint density at radius 1 is 1.27 bits per heavy atom. The molecule has 84 valence electrons. The quantitative estimate of drug-likeness (QED) is 0.651. The van der Waals surface area contributed by atoms with Crippen LogP contribution in [0.5, 0.6) is 0 Å². The van der Waals surface area contributed by atoms with E-state index in [4.69, 9.17) is 0 Å². The maximum absolute atomic E-state index is 9.57. The SMILES string of the molecule is CC(C)[N+]1(C)CCC2C=C(O)C(O)=CC21. The average Bonchev–Trinajstić information content (AvgIpc) is 2.47. The fourth-order valence-electron chi connectivity index (χ4n) is 2.80. The number of nitrogens with zero attached hydrogens (tertiary/aromatic N) is 1. The van der Waals surface area contributed by atoms with E-state index in [1.165, 1.54) is 0 Å². The number of rotatable bonds is 1. The lowest BCUT2D eigenvalue weighted by molar-refractivity contribution is -0.936. The van der Waals surface area contributed by atoms with Crippen molar-refractivity contribution in [1.29, 1.82) is 0 Å². The Hall–Kier alpha value is -0.960. The van der Waals surface area contributed by atoms with Gasteiger partial charge < -0.3 is 14.7 Å². The number of fused-ring (bicyclic) bond motifs is 1. The summed E-state index contributed by atoms with van der Waals surface area (Å²) in [4.78, 5) is 0. The predicted octanol–water partition coefficient (Wildman–Crippen LogP) is 2.13. The average molecular weight is 210 g/mol. The molecule has 2 aliphatic rings. The zero-order valence-corrected chi connectivity index (χ0v) is 9.64. The first-order valence-electron chi connectivity index (χ1n) is 5.62. The highest BCUT2D eigenvalue weighted by atomic mass is 16.3. The summed E-state index contributed by atoms with van der Waals surface area (Å²) in [5, 5.41) is 19.0. The van der Waals surface area contributed by atoms with Gasteiger partial charge in [0.25, 0.3) is 0 Å². The molecule has 0 spiro atoms. The summed E-state index contributed by atoms with van der Waals surface area (Å²) in [5.74, 6) is 0.477. The minimum Gasteiger partial charge on any atom is -0.504 e. The highest BCUT2D eigenvalue weighted by molar-refractivity contribution is 5.26. The van der Waals surface area contributed by atoms with E-state index >= 15 is 0 Å².